The van der Waals surface area contributed by atoms with Crippen molar-refractivity contribution in [3.05, 3.63) is 65.7 Å². The highest BCUT2D eigenvalue weighted by atomic mass is 16.5. The summed E-state index contributed by atoms with van der Waals surface area (Å²) in [6, 6.07) is 17.2. The fourth-order valence-corrected chi connectivity index (χ4v) is 3.05. The number of carbonyl (C=O) groups is 2. The smallest absolute Gasteiger partial charge is 0.411 e. The van der Waals surface area contributed by atoms with Crippen molar-refractivity contribution in [2.45, 2.75) is 31.7 Å². The van der Waals surface area contributed by atoms with Gasteiger partial charge in [-0.15, -0.1) is 0 Å². The SMILES string of the molecule is Cc1ccc([C@H]2CC(=O)N[C@H](COC(=O)Nc3ccccc3)C2)cc1. The Morgan fingerprint density at radius 1 is 1.16 bits per heavy atom. The summed E-state index contributed by atoms with van der Waals surface area (Å²) in [6.07, 6.45) is 0.710. The third kappa shape index (κ3) is 4.83. The Morgan fingerprint density at radius 3 is 2.60 bits per heavy atom. The van der Waals surface area contributed by atoms with E-state index in [1.807, 2.05) is 25.1 Å². The fourth-order valence-electron chi connectivity index (χ4n) is 3.05. The summed E-state index contributed by atoms with van der Waals surface area (Å²) in [6.45, 7) is 2.20. The van der Waals surface area contributed by atoms with Crippen LogP contribution in [0.3, 0.4) is 0 Å². The summed E-state index contributed by atoms with van der Waals surface area (Å²) in [4.78, 5) is 23.9. The van der Waals surface area contributed by atoms with E-state index in [9.17, 15) is 9.59 Å². The van der Waals surface area contributed by atoms with Gasteiger partial charge in [-0.1, -0.05) is 48.0 Å². The van der Waals surface area contributed by atoms with Gasteiger partial charge in [0.05, 0.1) is 6.04 Å². The molecule has 0 saturated carbocycles. The van der Waals surface area contributed by atoms with Crippen molar-refractivity contribution in [1.29, 1.82) is 0 Å². The van der Waals surface area contributed by atoms with Crippen LogP contribution in [0.2, 0.25) is 0 Å². The van der Waals surface area contributed by atoms with E-state index >= 15 is 0 Å². The van der Waals surface area contributed by atoms with Crippen molar-refractivity contribution in [3.8, 4) is 0 Å². The highest BCUT2D eigenvalue weighted by Crippen LogP contribution is 2.28. The van der Waals surface area contributed by atoms with Gasteiger partial charge in [0.2, 0.25) is 5.91 Å². The predicted octanol–water partition coefficient (Wildman–Crippen LogP) is 3.61. The summed E-state index contributed by atoms with van der Waals surface area (Å²) in [7, 11) is 0. The van der Waals surface area contributed by atoms with E-state index in [4.69, 9.17) is 4.74 Å². The van der Waals surface area contributed by atoms with E-state index < -0.39 is 6.09 Å². The molecule has 2 amide bonds. The quantitative estimate of drug-likeness (QED) is 0.895. The van der Waals surface area contributed by atoms with Gasteiger partial charge in [-0.2, -0.15) is 0 Å². The summed E-state index contributed by atoms with van der Waals surface area (Å²) >= 11 is 0. The molecule has 3 rings (SSSR count). The summed E-state index contributed by atoms with van der Waals surface area (Å²) in [5.41, 5.74) is 3.03. The minimum absolute atomic E-state index is 0.00566. The van der Waals surface area contributed by atoms with E-state index in [-0.39, 0.29) is 24.5 Å². The lowest BCUT2D eigenvalue weighted by molar-refractivity contribution is -0.124. The summed E-state index contributed by atoms with van der Waals surface area (Å²) in [5.74, 6) is 0.147. The van der Waals surface area contributed by atoms with Gasteiger partial charge in [0, 0.05) is 12.1 Å². The topological polar surface area (TPSA) is 67.4 Å². The molecule has 2 N–H and O–H groups in total. The zero-order chi connectivity index (χ0) is 17.6. The molecule has 25 heavy (non-hydrogen) atoms. The van der Waals surface area contributed by atoms with Gasteiger partial charge in [-0.05, 0) is 37.0 Å². The summed E-state index contributed by atoms with van der Waals surface area (Å²) in [5, 5.41) is 5.57. The van der Waals surface area contributed by atoms with Crippen LogP contribution in [0.25, 0.3) is 0 Å². The number of rotatable bonds is 4. The van der Waals surface area contributed by atoms with Crippen molar-refractivity contribution >= 4 is 17.7 Å². The van der Waals surface area contributed by atoms with Crippen molar-refractivity contribution in [1.82, 2.24) is 5.32 Å². The molecule has 0 aliphatic carbocycles. The Kier molecular flexibility index (Phi) is 5.33. The van der Waals surface area contributed by atoms with Crippen molar-refractivity contribution < 1.29 is 14.3 Å². The Labute approximate surface area is 147 Å². The molecule has 2 aromatic rings. The number of piperidine rings is 1. The van der Waals surface area contributed by atoms with E-state index in [0.29, 0.717) is 12.1 Å². The molecule has 130 valence electrons. The number of hydrogen-bond acceptors (Lipinski definition) is 3. The Balaban J connectivity index is 1.54. The third-order valence-corrected chi connectivity index (χ3v) is 4.35. The van der Waals surface area contributed by atoms with Crippen LogP contribution in [0, 0.1) is 6.92 Å². The molecule has 1 aliphatic rings. The largest absolute Gasteiger partial charge is 0.447 e. The lowest BCUT2D eigenvalue weighted by Gasteiger charge is -2.29. The predicted molar refractivity (Wildman–Crippen MR) is 96.5 cm³/mol. The monoisotopic (exact) mass is 338 g/mol. The van der Waals surface area contributed by atoms with Crippen molar-refractivity contribution in [2.24, 2.45) is 0 Å². The molecule has 2 atom stereocenters. The van der Waals surface area contributed by atoms with Gasteiger partial charge < -0.3 is 10.1 Å². The molecular formula is C20H22N2O3. The lowest BCUT2D eigenvalue weighted by atomic mass is 9.86. The summed E-state index contributed by atoms with van der Waals surface area (Å²) < 4.78 is 5.27. The van der Waals surface area contributed by atoms with Crippen molar-refractivity contribution in [2.75, 3.05) is 11.9 Å². The maximum Gasteiger partial charge on any atom is 0.411 e. The lowest BCUT2D eigenvalue weighted by Crippen LogP contribution is -2.44. The second-order valence-corrected chi connectivity index (χ2v) is 6.40. The number of benzene rings is 2. The van der Waals surface area contributed by atoms with Gasteiger partial charge in [0.15, 0.2) is 0 Å². The average molecular weight is 338 g/mol. The molecule has 0 radical (unpaired) electrons. The third-order valence-electron chi connectivity index (χ3n) is 4.35. The number of carbonyl (C=O) groups excluding carboxylic acids is 2. The van der Waals surface area contributed by atoms with Gasteiger partial charge in [0.25, 0.3) is 0 Å². The first-order valence-corrected chi connectivity index (χ1v) is 8.45. The van der Waals surface area contributed by atoms with E-state index in [2.05, 4.69) is 34.9 Å². The number of anilines is 1. The average Bonchev–Trinajstić information content (AvgIpc) is 2.61. The van der Waals surface area contributed by atoms with E-state index in [1.165, 1.54) is 5.56 Å². The van der Waals surface area contributed by atoms with E-state index in [0.717, 1.165) is 12.0 Å². The fraction of sp³-hybridized carbons (Fsp3) is 0.300. The highest BCUT2D eigenvalue weighted by molar-refractivity contribution is 5.84. The van der Waals surface area contributed by atoms with E-state index in [1.54, 1.807) is 12.1 Å². The maximum absolute atomic E-state index is 12.0. The van der Waals surface area contributed by atoms with Crippen LogP contribution >= 0.6 is 0 Å². The zero-order valence-corrected chi connectivity index (χ0v) is 14.2. The van der Waals surface area contributed by atoms with Crippen LogP contribution in [0.4, 0.5) is 10.5 Å². The molecular weight excluding hydrogens is 316 g/mol. The standard InChI is InChI=1S/C20H22N2O3/c1-14-7-9-15(10-8-14)16-11-18(21-19(23)12-16)13-25-20(24)22-17-5-3-2-4-6-17/h2-10,16,18H,11-13H2,1H3,(H,21,23)(H,22,24)/t16-,18+/m1/s1. The van der Waals surface area contributed by atoms with Gasteiger partial charge >= 0.3 is 6.09 Å². The number of ether oxygens (including phenoxy) is 1. The van der Waals surface area contributed by atoms with Gasteiger partial charge in [0.1, 0.15) is 6.61 Å². The first-order chi connectivity index (χ1) is 12.1. The molecule has 0 unspecified atom stereocenters. The second kappa shape index (κ2) is 7.83. The molecule has 5 heteroatoms. The first kappa shape index (κ1) is 17.0. The molecule has 0 aromatic heterocycles. The van der Waals surface area contributed by atoms with Crippen LogP contribution in [0.15, 0.2) is 54.6 Å². The molecule has 1 fully saturated rings. The van der Waals surface area contributed by atoms with Crippen LogP contribution < -0.4 is 10.6 Å². The minimum atomic E-state index is -0.516. The Bertz CT molecular complexity index is 728. The molecule has 1 aliphatic heterocycles. The molecule has 0 spiro atoms. The molecule has 5 nitrogen and oxygen atoms in total. The van der Waals surface area contributed by atoms with Crippen molar-refractivity contribution in [3.63, 3.8) is 0 Å². The highest BCUT2D eigenvalue weighted by Gasteiger charge is 2.28. The zero-order valence-electron chi connectivity index (χ0n) is 14.2. The van der Waals surface area contributed by atoms with Gasteiger partial charge in [-0.25, -0.2) is 4.79 Å². The number of para-hydroxylation sites is 1. The number of hydrogen-bond donors (Lipinski definition) is 2. The molecule has 1 saturated heterocycles. The normalized spacial score (nSPS) is 19.8. The number of aryl methyl sites for hydroxylation is 1. The number of amides is 2. The maximum atomic E-state index is 12.0. The van der Waals surface area contributed by atoms with Crippen LogP contribution in [0.5, 0.6) is 0 Å². The van der Waals surface area contributed by atoms with Crippen LogP contribution in [0.1, 0.15) is 29.9 Å². The van der Waals surface area contributed by atoms with Crippen LogP contribution in [-0.2, 0) is 9.53 Å². The molecule has 0 bridgehead atoms. The first-order valence-electron chi connectivity index (χ1n) is 8.45. The Morgan fingerprint density at radius 2 is 1.88 bits per heavy atom. The Hall–Kier alpha value is -2.82. The minimum Gasteiger partial charge on any atom is -0.447 e. The molecule has 1 heterocycles. The van der Waals surface area contributed by atoms with Crippen LogP contribution in [-0.4, -0.2) is 24.6 Å². The number of nitrogens with one attached hydrogen (secondary N) is 2. The van der Waals surface area contributed by atoms with Gasteiger partial charge in [-0.3, -0.25) is 10.1 Å². The molecule has 2 aromatic carbocycles. The second-order valence-electron chi connectivity index (χ2n) is 6.40.